The Hall–Kier alpha value is -2.49. The van der Waals surface area contributed by atoms with Crippen LogP contribution in [-0.2, 0) is 16.6 Å². The molecule has 2 unspecified atom stereocenters. The fourth-order valence-corrected chi connectivity index (χ4v) is 5.55. The van der Waals surface area contributed by atoms with E-state index in [2.05, 4.69) is 32.8 Å². The average Bonchev–Trinajstić information content (AvgIpc) is 3.20. The number of aromatic amines is 1. The number of H-pyrrole nitrogens is 1. The minimum Gasteiger partial charge on any atom is -0.494 e. The number of aliphatic hydroxyl groups is 1. The van der Waals surface area contributed by atoms with Gasteiger partial charge in [0, 0.05) is 43.5 Å². The van der Waals surface area contributed by atoms with Crippen molar-refractivity contribution in [2.75, 3.05) is 45.3 Å². The molecule has 9 heteroatoms. The molecular weight excluding hydrogens is 431 g/mol. The molecule has 0 bridgehead atoms. The number of ether oxygens (including phenoxy) is 1. The summed E-state index contributed by atoms with van der Waals surface area (Å²) in [6.07, 6.45) is 0.973. The van der Waals surface area contributed by atoms with Gasteiger partial charge in [0.1, 0.15) is 0 Å². The Labute approximate surface area is 189 Å². The second-order valence-corrected chi connectivity index (χ2v) is 9.35. The molecule has 0 saturated heterocycles. The van der Waals surface area contributed by atoms with Crippen LogP contribution < -0.4 is 9.64 Å². The number of methoxy groups -OCH3 is 1. The number of fused-ring (bicyclic) bond motifs is 2. The van der Waals surface area contributed by atoms with Crippen LogP contribution >= 0.6 is 0 Å². The van der Waals surface area contributed by atoms with Crippen molar-refractivity contribution in [1.29, 1.82) is 0 Å². The summed E-state index contributed by atoms with van der Waals surface area (Å²) >= 11 is 0. The van der Waals surface area contributed by atoms with Crippen molar-refractivity contribution in [3.8, 4) is 5.75 Å². The average molecular weight is 461 g/mol. The third-order valence-electron chi connectivity index (χ3n) is 6.10. The lowest BCUT2D eigenvalue weighted by Crippen LogP contribution is -2.38. The molecule has 0 fully saturated rings. The lowest BCUT2D eigenvalue weighted by atomic mass is 9.92. The fraction of sp³-hybridized carbons (Fsp3) is 0.435. The molecule has 32 heavy (non-hydrogen) atoms. The van der Waals surface area contributed by atoms with Crippen LogP contribution in [0.1, 0.15) is 30.5 Å². The molecule has 2 heterocycles. The number of aromatic nitrogens is 2. The molecule has 3 aromatic rings. The van der Waals surface area contributed by atoms with Crippen molar-refractivity contribution in [3.63, 3.8) is 0 Å². The van der Waals surface area contributed by atoms with Gasteiger partial charge in [0.25, 0.3) is 0 Å². The lowest BCUT2D eigenvalue weighted by Gasteiger charge is -2.40. The summed E-state index contributed by atoms with van der Waals surface area (Å²) in [7, 11) is 2.00. The SMILES string of the molecule is CCN1CCC(N(C)CCO)c2cccc(CS(=O)c3nc4cc(OC)c(F)cc4[nH]3)c21. The summed E-state index contributed by atoms with van der Waals surface area (Å²) in [4.78, 5) is 11.9. The number of imidazole rings is 1. The molecule has 2 atom stereocenters. The topological polar surface area (TPSA) is 81.7 Å². The van der Waals surface area contributed by atoms with E-state index in [1.165, 1.54) is 24.8 Å². The van der Waals surface area contributed by atoms with Gasteiger partial charge in [-0.1, -0.05) is 18.2 Å². The van der Waals surface area contributed by atoms with Gasteiger partial charge in [-0.25, -0.2) is 9.37 Å². The van der Waals surface area contributed by atoms with Gasteiger partial charge in [-0.15, -0.1) is 0 Å². The van der Waals surface area contributed by atoms with Gasteiger partial charge in [-0.05, 0) is 31.5 Å². The number of nitrogens with zero attached hydrogens (tertiary/aromatic N) is 3. The molecular formula is C23H29FN4O3S. The zero-order valence-electron chi connectivity index (χ0n) is 18.6. The van der Waals surface area contributed by atoms with E-state index in [1.807, 2.05) is 19.2 Å². The van der Waals surface area contributed by atoms with Crippen LogP contribution in [0.2, 0.25) is 0 Å². The zero-order valence-corrected chi connectivity index (χ0v) is 19.4. The van der Waals surface area contributed by atoms with Gasteiger partial charge in [0.15, 0.2) is 16.7 Å². The Morgan fingerprint density at radius 1 is 1.41 bits per heavy atom. The van der Waals surface area contributed by atoms with Crippen LogP contribution in [-0.4, -0.2) is 64.6 Å². The van der Waals surface area contributed by atoms with Crippen molar-refractivity contribution in [2.24, 2.45) is 0 Å². The number of aliphatic hydroxyl groups excluding tert-OH is 1. The molecule has 0 amide bonds. The van der Waals surface area contributed by atoms with E-state index in [9.17, 15) is 13.7 Å². The molecule has 2 aromatic carbocycles. The van der Waals surface area contributed by atoms with E-state index in [4.69, 9.17) is 4.74 Å². The van der Waals surface area contributed by atoms with E-state index in [0.29, 0.717) is 28.5 Å². The summed E-state index contributed by atoms with van der Waals surface area (Å²) in [6.45, 7) is 4.59. The smallest absolute Gasteiger partial charge is 0.197 e. The largest absolute Gasteiger partial charge is 0.494 e. The molecule has 7 nitrogen and oxygen atoms in total. The lowest BCUT2D eigenvalue weighted by molar-refractivity contribution is 0.172. The van der Waals surface area contributed by atoms with Crippen LogP contribution in [0.25, 0.3) is 11.0 Å². The van der Waals surface area contributed by atoms with Crippen molar-refractivity contribution in [3.05, 3.63) is 47.3 Å². The maximum atomic E-state index is 14.0. The van der Waals surface area contributed by atoms with Gasteiger partial charge >= 0.3 is 0 Å². The first-order chi connectivity index (χ1) is 15.5. The molecule has 172 valence electrons. The van der Waals surface area contributed by atoms with E-state index < -0.39 is 16.6 Å². The van der Waals surface area contributed by atoms with Gasteiger partial charge in [-0.2, -0.15) is 0 Å². The Kier molecular flexibility index (Phi) is 6.78. The van der Waals surface area contributed by atoms with Crippen LogP contribution in [0, 0.1) is 5.82 Å². The first kappa shape index (κ1) is 22.7. The molecule has 2 N–H and O–H groups in total. The number of hydrogen-bond acceptors (Lipinski definition) is 6. The number of nitrogens with one attached hydrogen (secondary N) is 1. The minimum absolute atomic E-state index is 0.107. The summed E-state index contributed by atoms with van der Waals surface area (Å²) < 4.78 is 32.3. The van der Waals surface area contributed by atoms with Crippen LogP contribution in [0.15, 0.2) is 35.5 Å². The highest BCUT2D eigenvalue weighted by atomic mass is 32.2. The minimum atomic E-state index is -1.43. The second kappa shape index (κ2) is 9.56. The number of likely N-dealkylation sites (N-methyl/N-ethyl adjacent to an activating group) is 1. The monoisotopic (exact) mass is 460 g/mol. The summed E-state index contributed by atoms with van der Waals surface area (Å²) in [5, 5.41) is 9.71. The number of rotatable bonds is 8. The molecule has 0 spiro atoms. The van der Waals surface area contributed by atoms with Crippen LogP contribution in [0.5, 0.6) is 5.75 Å². The highest BCUT2D eigenvalue weighted by Gasteiger charge is 2.29. The predicted molar refractivity (Wildman–Crippen MR) is 124 cm³/mol. The summed E-state index contributed by atoms with van der Waals surface area (Å²) in [5.74, 6) is -0.0833. The molecule has 0 saturated carbocycles. The quantitative estimate of drug-likeness (QED) is 0.537. The maximum absolute atomic E-state index is 14.0. The van der Waals surface area contributed by atoms with Gasteiger partial charge < -0.3 is 19.7 Å². The molecule has 1 aliphatic heterocycles. The first-order valence-corrected chi connectivity index (χ1v) is 12.1. The first-order valence-electron chi connectivity index (χ1n) is 10.8. The van der Waals surface area contributed by atoms with Crippen molar-refractivity contribution in [2.45, 2.75) is 30.3 Å². The van der Waals surface area contributed by atoms with Crippen LogP contribution in [0.3, 0.4) is 0 Å². The number of benzene rings is 2. The molecule has 0 radical (unpaired) electrons. The summed E-state index contributed by atoms with van der Waals surface area (Å²) in [6, 6.07) is 9.16. The number of para-hydroxylation sites is 1. The fourth-order valence-electron chi connectivity index (χ4n) is 4.48. The number of halogens is 1. The van der Waals surface area contributed by atoms with Gasteiger partial charge in [-0.3, -0.25) is 9.11 Å². The summed E-state index contributed by atoms with van der Waals surface area (Å²) in [5.41, 5.74) is 4.31. The highest BCUT2D eigenvalue weighted by Crippen LogP contribution is 2.39. The van der Waals surface area contributed by atoms with Gasteiger partial charge in [0.05, 0.1) is 41.3 Å². The van der Waals surface area contributed by atoms with Gasteiger partial charge in [0.2, 0.25) is 0 Å². The highest BCUT2D eigenvalue weighted by molar-refractivity contribution is 7.84. The molecule has 4 rings (SSSR count). The molecule has 0 aliphatic carbocycles. The predicted octanol–water partition coefficient (Wildman–Crippen LogP) is 3.21. The number of hydrogen-bond donors (Lipinski definition) is 2. The third-order valence-corrected chi connectivity index (χ3v) is 7.30. The van der Waals surface area contributed by atoms with E-state index in [0.717, 1.165) is 30.8 Å². The van der Waals surface area contributed by atoms with Crippen molar-refractivity contribution < 1.29 is 18.4 Å². The van der Waals surface area contributed by atoms with E-state index in [1.54, 1.807) is 0 Å². The molecule has 1 aliphatic rings. The Morgan fingerprint density at radius 2 is 2.22 bits per heavy atom. The number of anilines is 1. The van der Waals surface area contributed by atoms with Crippen molar-refractivity contribution in [1.82, 2.24) is 14.9 Å². The maximum Gasteiger partial charge on any atom is 0.197 e. The normalized spacial score (nSPS) is 17.1. The standard InChI is InChI=1S/C23H29FN4O3S/c1-4-28-9-8-20(27(2)10-11-29)16-7-5-6-15(22(16)28)14-32(30)23-25-18-12-17(24)21(31-3)13-19(18)26-23/h5-7,12-13,20,29H,4,8-11,14H2,1-3H3,(H,25,26). The van der Waals surface area contributed by atoms with Crippen LogP contribution in [0.4, 0.5) is 10.1 Å². The Balaban J connectivity index is 1.67. The van der Waals surface area contributed by atoms with Crippen molar-refractivity contribution >= 4 is 27.5 Å². The Morgan fingerprint density at radius 3 is 2.94 bits per heavy atom. The Bertz CT molecular complexity index is 1140. The third kappa shape index (κ3) is 4.24. The zero-order chi connectivity index (χ0) is 22.8. The molecule has 1 aromatic heterocycles. The van der Waals surface area contributed by atoms with E-state index in [-0.39, 0.29) is 18.4 Å². The second-order valence-electron chi connectivity index (χ2n) is 7.98. The van der Waals surface area contributed by atoms with E-state index >= 15 is 0 Å².